The summed E-state index contributed by atoms with van der Waals surface area (Å²) in [4.78, 5) is 14.1. The molecule has 0 aromatic rings. The monoisotopic (exact) mass is 280 g/mol. The highest BCUT2D eigenvalue weighted by atomic mass is 16.2. The summed E-state index contributed by atoms with van der Waals surface area (Å²) in [6, 6.07) is 1.29. The van der Waals surface area contributed by atoms with Gasteiger partial charge in [0.05, 0.1) is 0 Å². The van der Waals surface area contributed by atoms with E-state index in [4.69, 9.17) is 0 Å². The Labute approximate surface area is 124 Å². The summed E-state index contributed by atoms with van der Waals surface area (Å²) >= 11 is 0. The summed E-state index contributed by atoms with van der Waals surface area (Å²) in [6.07, 6.45) is 6.37. The van der Waals surface area contributed by atoms with Gasteiger partial charge >= 0.3 is 0 Å². The predicted octanol–water partition coefficient (Wildman–Crippen LogP) is 3.05. The molecule has 116 valence electrons. The first-order valence-corrected chi connectivity index (χ1v) is 8.54. The van der Waals surface area contributed by atoms with E-state index in [1.165, 1.54) is 19.3 Å². The van der Waals surface area contributed by atoms with Gasteiger partial charge in [-0.05, 0) is 37.5 Å². The fourth-order valence-electron chi connectivity index (χ4n) is 3.91. The minimum absolute atomic E-state index is 0.137. The van der Waals surface area contributed by atoms with Crippen molar-refractivity contribution < 1.29 is 4.79 Å². The highest BCUT2D eigenvalue weighted by Gasteiger charge is 2.31. The van der Waals surface area contributed by atoms with Crippen molar-refractivity contribution in [3.63, 3.8) is 0 Å². The molecule has 1 N–H and O–H groups in total. The summed E-state index contributed by atoms with van der Waals surface area (Å²) in [7, 11) is 0. The van der Waals surface area contributed by atoms with E-state index in [0.717, 1.165) is 37.8 Å². The van der Waals surface area contributed by atoms with Gasteiger partial charge in [-0.3, -0.25) is 4.79 Å². The van der Waals surface area contributed by atoms with Gasteiger partial charge in [-0.25, -0.2) is 0 Å². The Balaban J connectivity index is 1.80. The van der Waals surface area contributed by atoms with Crippen LogP contribution in [0.3, 0.4) is 0 Å². The van der Waals surface area contributed by atoms with Gasteiger partial charge in [0.2, 0.25) is 5.91 Å². The van der Waals surface area contributed by atoms with Crippen molar-refractivity contribution >= 4 is 5.91 Å². The molecule has 1 amide bonds. The number of carbonyl (C=O) groups is 1. The van der Waals surface area contributed by atoms with E-state index in [9.17, 15) is 4.79 Å². The molecule has 0 aromatic heterocycles. The maximum Gasteiger partial charge on any atom is 0.225 e. The van der Waals surface area contributed by atoms with Gasteiger partial charge in [0.1, 0.15) is 0 Å². The molecule has 2 rings (SSSR count). The normalized spacial score (nSPS) is 32.6. The first-order chi connectivity index (χ1) is 9.49. The molecule has 3 heteroatoms. The zero-order valence-corrected chi connectivity index (χ0v) is 13.7. The van der Waals surface area contributed by atoms with Crippen LogP contribution in [0.2, 0.25) is 0 Å². The van der Waals surface area contributed by atoms with Crippen LogP contribution in [0, 0.1) is 17.8 Å². The number of hydrogen-bond donors (Lipinski definition) is 1. The number of carbonyl (C=O) groups excluding carboxylic acids is 1. The van der Waals surface area contributed by atoms with E-state index in [0.29, 0.717) is 18.0 Å². The molecule has 1 aliphatic heterocycles. The first-order valence-electron chi connectivity index (χ1n) is 8.54. The number of amides is 1. The number of piperidine rings is 1. The highest BCUT2D eigenvalue weighted by Crippen LogP contribution is 2.30. The van der Waals surface area contributed by atoms with E-state index >= 15 is 0 Å². The van der Waals surface area contributed by atoms with Crippen LogP contribution in [0.4, 0.5) is 0 Å². The molecule has 0 bridgehead atoms. The molecule has 1 heterocycles. The third-order valence-corrected chi connectivity index (χ3v) is 5.27. The van der Waals surface area contributed by atoms with E-state index in [1.54, 1.807) is 0 Å². The number of nitrogens with one attached hydrogen (secondary N) is 1. The SMILES string of the molecule is CC(C)C(=O)N1CCC(NC2C(C)CCCC2C)CC1. The number of nitrogens with zero attached hydrogens (tertiary/aromatic N) is 1. The van der Waals surface area contributed by atoms with Gasteiger partial charge in [-0.2, -0.15) is 0 Å². The van der Waals surface area contributed by atoms with Crippen molar-refractivity contribution in [3.8, 4) is 0 Å². The second-order valence-corrected chi connectivity index (χ2v) is 7.33. The van der Waals surface area contributed by atoms with Gasteiger partial charge < -0.3 is 10.2 Å². The van der Waals surface area contributed by atoms with Crippen LogP contribution in [-0.4, -0.2) is 36.0 Å². The highest BCUT2D eigenvalue weighted by molar-refractivity contribution is 5.78. The van der Waals surface area contributed by atoms with Crippen LogP contribution in [0.1, 0.15) is 59.8 Å². The van der Waals surface area contributed by atoms with E-state index in [-0.39, 0.29) is 5.92 Å². The van der Waals surface area contributed by atoms with Gasteiger partial charge in [0, 0.05) is 31.1 Å². The van der Waals surface area contributed by atoms with Gasteiger partial charge in [-0.1, -0.05) is 34.1 Å². The number of hydrogen-bond acceptors (Lipinski definition) is 2. The third-order valence-electron chi connectivity index (χ3n) is 5.27. The lowest BCUT2D eigenvalue weighted by Crippen LogP contribution is -2.52. The Morgan fingerprint density at radius 1 is 1.05 bits per heavy atom. The molecular formula is C17H32N2O. The molecule has 2 aliphatic rings. The lowest BCUT2D eigenvalue weighted by atomic mass is 9.78. The molecule has 0 aromatic carbocycles. The van der Waals surface area contributed by atoms with Crippen LogP contribution >= 0.6 is 0 Å². The predicted molar refractivity (Wildman–Crippen MR) is 83.5 cm³/mol. The van der Waals surface area contributed by atoms with Crippen molar-refractivity contribution in [2.75, 3.05) is 13.1 Å². The van der Waals surface area contributed by atoms with Crippen molar-refractivity contribution in [1.29, 1.82) is 0 Å². The largest absolute Gasteiger partial charge is 0.342 e. The molecule has 0 spiro atoms. The van der Waals surface area contributed by atoms with Crippen LogP contribution in [-0.2, 0) is 4.79 Å². The van der Waals surface area contributed by atoms with Crippen molar-refractivity contribution in [1.82, 2.24) is 10.2 Å². The quantitative estimate of drug-likeness (QED) is 0.862. The molecule has 1 saturated carbocycles. The topological polar surface area (TPSA) is 32.3 Å². The van der Waals surface area contributed by atoms with Gasteiger partial charge in [-0.15, -0.1) is 0 Å². The second kappa shape index (κ2) is 6.93. The Hall–Kier alpha value is -0.570. The maximum absolute atomic E-state index is 12.0. The standard InChI is InChI=1S/C17H32N2O/c1-12(2)17(20)19-10-8-15(9-11-19)18-16-13(3)6-5-7-14(16)4/h12-16,18H,5-11H2,1-4H3. The lowest BCUT2D eigenvalue weighted by molar-refractivity contribution is -0.135. The number of rotatable bonds is 3. The summed E-state index contributed by atoms with van der Waals surface area (Å²) < 4.78 is 0. The van der Waals surface area contributed by atoms with Crippen molar-refractivity contribution in [3.05, 3.63) is 0 Å². The molecule has 20 heavy (non-hydrogen) atoms. The average Bonchev–Trinajstić information content (AvgIpc) is 2.43. The number of likely N-dealkylation sites (tertiary alicyclic amines) is 1. The fourth-order valence-corrected chi connectivity index (χ4v) is 3.91. The Morgan fingerprint density at radius 2 is 1.60 bits per heavy atom. The minimum Gasteiger partial charge on any atom is -0.342 e. The Morgan fingerprint density at radius 3 is 2.10 bits per heavy atom. The fraction of sp³-hybridized carbons (Fsp3) is 0.941. The Kier molecular flexibility index (Phi) is 5.48. The summed E-state index contributed by atoms with van der Waals surface area (Å²) in [5.41, 5.74) is 0. The van der Waals surface area contributed by atoms with Crippen LogP contribution in [0.25, 0.3) is 0 Å². The average molecular weight is 280 g/mol. The zero-order chi connectivity index (χ0) is 14.7. The molecule has 0 radical (unpaired) electrons. The summed E-state index contributed by atoms with van der Waals surface area (Å²) in [6.45, 7) is 10.7. The molecule has 1 saturated heterocycles. The van der Waals surface area contributed by atoms with Crippen LogP contribution in [0.5, 0.6) is 0 Å². The van der Waals surface area contributed by atoms with Gasteiger partial charge in [0.15, 0.2) is 0 Å². The van der Waals surface area contributed by atoms with Crippen molar-refractivity contribution in [2.45, 2.75) is 71.9 Å². The molecule has 1 aliphatic carbocycles. The molecule has 3 nitrogen and oxygen atoms in total. The van der Waals surface area contributed by atoms with Crippen LogP contribution in [0.15, 0.2) is 0 Å². The van der Waals surface area contributed by atoms with E-state index in [1.807, 2.05) is 13.8 Å². The van der Waals surface area contributed by atoms with E-state index in [2.05, 4.69) is 24.1 Å². The molecular weight excluding hydrogens is 248 g/mol. The van der Waals surface area contributed by atoms with Crippen LogP contribution < -0.4 is 5.32 Å². The summed E-state index contributed by atoms with van der Waals surface area (Å²) in [5, 5.41) is 3.91. The lowest BCUT2D eigenvalue weighted by Gasteiger charge is -2.41. The van der Waals surface area contributed by atoms with Gasteiger partial charge in [0.25, 0.3) is 0 Å². The molecule has 2 atom stereocenters. The maximum atomic E-state index is 12.0. The minimum atomic E-state index is 0.137. The van der Waals surface area contributed by atoms with E-state index < -0.39 is 0 Å². The zero-order valence-electron chi connectivity index (χ0n) is 13.7. The Bertz CT molecular complexity index is 311. The second-order valence-electron chi connectivity index (χ2n) is 7.33. The molecule has 2 fully saturated rings. The summed E-state index contributed by atoms with van der Waals surface area (Å²) in [5.74, 6) is 2.06. The first kappa shape index (κ1) is 15.8. The van der Waals surface area contributed by atoms with Crippen molar-refractivity contribution in [2.24, 2.45) is 17.8 Å². The molecule has 2 unspecified atom stereocenters. The smallest absolute Gasteiger partial charge is 0.225 e. The third kappa shape index (κ3) is 3.75.